The second-order valence-corrected chi connectivity index (χ2v) is 6.99. The van der Waals surface area contributed by atoms with Gasteiger partial charge >= 0.3 is 0 Å². The Morgan fingerprint density at radius 1 is 1.11 bits per heavy atom. The molecule has 0 aromatic carbocycles. The molecule has 0 aliphatic heterocycles. The van der Waals surface area contributed by atoms with Crippen molar-refractivity contribution in [3.63, 3.8) is 0 Å². The standard InChI is InChI=1S/C19H29N5O3.HI/c1-19(2,3)15-12-22-17(27-15)13-24-18(20-4)23-11-14-6-7-16(21-10-14)26-9-8-25-5;/h6-7,10,12H,8-9,11,13H2,1-5H3,(H2,20,23,24);1H. The highest BCUT2D eigenvalue weighted by atomic mass is 127. The fourth-order valence-corrected chi connectivity index (χ4v) is 2.13. The highest BCUT2D eigenvalue weighted by Gasteiger charge is 2.19. The van der Waals surface area contributed by atoms with E-state index in [2.05, 4.69) is 46.4 Å². The molecule has 0 amide bonds. The Bertz CT molecular complexity index is 726. The SMILES string of the molecule is CN=C(NCc1ccc(OCCOC)nc1)NCc1ncc(C(C)(C)C)o1.I. The lowest BCUT2D eigenvalue weighted by Gasteiger charge is -2.13. The second-order valence-electron chi connectivity index (χ2n) is 6.99. The van der Waals surface area contributed by atoms with Crippen LogP contribution in [0.1, 0.15) is 38.0 Å². The van der Waals surface area contributed by atoms with Gasteiger partial charge in [-0.15, -0.1) is 24.0 Å². The average Bonchev–Trinajstić information content (AvgIpc) is 3.13. The largest absolute Gasteiger partial charge is 0.475 e. The molecule has 2 heterocycles. The van der Waals surface area contributed by atoms with Gasteiger partial charge in [-0.25, -0.2) is 9.97 Å². The van der Waals surface area contributed by atoms with E-state index in [1.807, 2.05) is 12.1 Å². The first-order valence-electron chi connectivity index (χ1n) is 8.88. The zero-order valence-corrected chi connectivity index (χ0v) is 19.4. The maximum absolute atomic E-state index is 5.77. The fourth-order valence-electron chi connectivity index (χ4n) is 2.13. The Kier molecular flexibility index (Phi) is 10.2. The monoisotopic (exact) mass is 503 g/mol. The number of guanidine groups is 1. The van der Waals surface area contributed by atoms with Gasteiger partial charge in [0.15, 0.2) is 5.96 Å². The molecule has 0 radical (unpaired) electrons. The van der Waals surface area contributed by atoms with E-state index in [0.717, 1.165) is 11.3 Å². The smallest absolute Gasteiger partial charge is 0.213 e. The molecule has 0 aliphatic carbocycles. The third kappa shape index (κ3) is 8.01. The summed E-state index contributed by atoms with van der Waals surface area (Å²) in [7, 11) is 3.36. The number of hydrogen-bond acceptors (Lipinski definition) is 6. The molecular formula is C19H30IN5O3. The molecule has 2 aromatic rings. The minimum absolute atomic E-state index is 0. The fraction of sp³-hybridized carbons (Fsp3) is 0.526. The van der Waals surface area contributed by atoms with Crippen LogP contribution in [0.3, 0.4) is 0 Å². The first kappa shape index (κ1) is 24.2. The molecule has 0 spiro atoms. The summed E-state index contributed by atoms with van der Waals surface area (Å²) in [5.74, 6) is 2.73. The van der Waals surface area contributed by atoms with Crippen molar-refractivity contribution in [3.8, 4) is 5.88 Å². The Morgan fingerprint density at radius 3 is 2.43 bits per heavy atom. The van der Waals surface area contributed by atoms with E-state index < -0.39 is 0 Å². The van der Waals surface area contributed by atoms with Crippen LogP contribution in [-0.2, 0) is 23.2 Å². The Labute approximate surface area is 183 Å². The van der Waals surface area contributed by atoms with Gasteiger partial charge in [-0.05, 0) is 5.56 Å². The van der Waals surface area contributed by atoms with Gasteiger partial charge in [0.05, 0.1) is 19.3 Å². The molecule has 0 fully saturated rings. The molecule has 2 rings (SSSR count). The summed E-state index contributed by atoms with van der Waals surface area (Å²) in [4.78, 5) is 12.8. The lowest BCUT2D eigenvalue weighted by molar-refractivity contribution is 0.143. The van der Waals surface area contributed by atoms with Crippen LogP contribution in [0.5, 0.6) is 5.88 Å². The molecule has 156 valence electrons. The van der Waals surface area contributed by atoms with Gasteiger partial charge in [0.2, 0.25) is 11.8 Å². The lowest BCUT2D eigenvalue weighted by Crippen LogP contribution is -2.36. The summed E-state index contributed by atoms with van der Waals surface area (Å²) in [6.07, 6.45) is 3.54. The zero-order valence-electron chi connectivity index (χ0n) is 17.1. The van der Waals surface area contributed by atoms with Crippen molar-refractivity contribution in [2.45, 2.75) is 39.3 Å². The maximum Gasteiger partial charge on any atom is 0.213 e. The van der Waals surface area contributed by atoms with Crippen molar-refractivity contribution >= 4 is 29.9 Å². The zero-order chi connectivity index (χ0) is 19.7. The van der Waals surface area contributed by atoms with E-state index in [1.54, 1.807) is 26.6 Å². The highest BCUT2D eigenvalue weighted by molar-refractivity contribution is 14.0. The van der Waals surface area contributed by atoms with E-state index in [-0.39, 0.29) is 29.4 Å². The van der Waals surface area contributed by atoms with Crippen LogP contribution in [0.2, 0.25) is 0 Å². The lowest BCUT2D eigenvalue weighted by atomic mass is 9.94. The topological polar surface area (TPSA) is 93.8 Å². The minimum atomic E-state index is -0.0579. The first-order chi connectivity index (χ1) is 12.9. The summed E-state index contributed by atoms with van der Waals surface area (Å²) in [6.45, 7) is 8.34. The second kappa shape index (κ2) is 11.8. The Hall–Kier alpha value is -1.88. The van der Waals surface area contributed by atoms with Gasteiger partial charge in [-0.3, -0.25) is 4.99 Å². The number of hydrogen-bond donors (Lipinski definition) is 2. The maximum atomic E-state index is 5.77. The van der Waals surface area contributed by atoms with Crippen LogP contribution in [-0.4, -0.2) is 43.3 Å². The summed E-state index contributed by atoms with van der Waals surface area (Å²) < 4.78 is 16.2. The van der Waals surface area contributed by atoms with Gasteiger partial charge in [0.25, 0.3) is 0 Å². The minimum Gasteiger partial charge on any atom is -0.475 e. The number of nitrogens with zero attached hydrogens (tertiary/aromatic N) is 3. The van der Waals surface area contributed by atoms with Crippen LogP contribution in [0, 0.1) is 0 Å². The number of halogens is 1. The van der Waals surface area contributed by atoms with Gasteiger partial charge in [-0.1, -0.05) is 26.8 Å². The van der Waals surface area contributed by atoms with Crippen LogP contribution < -0.4 is 15.4 Å². The summed E-state index contributed by atoms with van der Waals surface area (Å²) in [6, 6.07) is 3.79. The number of nitrogens with one attached hydrogen (secondary N) is 2. The molecule has 28 heavy (non-hydrogen) atoms. The highest BCUT2D eigenvalue weighted by Crippen LogP contribution is 2.22. The molecule has 2 N–H and O–H groups in total. The van der Waals surface area contributed by atoms with Crippen molar-refractivity contribution < 1.29 is 13.9 Å². The molecule has 0 saturated heterocycles. The molecule has 2 aromatic heterocycles. The normalized spacial score (nSPS) is 11.7. The molecular weight excluding hydrogens is 473 g/mol. The predicted molar refractivity (Wildman–Crippen MR) is 119 cm³/mol. The molecule has 0 aliphatic rings. The van der Waals surface area contributed by atoms with Crippen molar-refractivity contribution in [2.24, 2.45) is 4.99 Å². The van der Waals surface area contributed by atoms with Crippen LogP contribution in [0.15, 0.2) is 33.9 Å². The van der Waals surface area contributed by atoms with E-state index >= 15 is 0 Å². The van der Waals surface area contributed by atoms with Crippen molar-refractivity contribution in [1.29, 1.82) is 0 Å². The van der Waals surface area contributed by atoms with E-state index in [4.69, 9.17) is 13.9 Å². The summed E-state index contributed by atoms with van der Waals surface area (Å²) >= 11 is 0. The van der Waals surface area contributed by atoms with E-state index in [1.165, 1.54) is 0 Å². The number of rotatable bonds is 8. The molecule has 0 atom stereocenters. The third-order valence-corrected chi connectivity index (χ3v) is 3.72. The number of aromatic nitrogens is 2. The summed E-state index contributed by atoms with van der Waals surface area (Å²) in [5, 5.41) is 6.42. The molecule has 0 unspecified atom stereocenters. The quantitative estimate of drug-likeness (QED) is 0.248. The number of methoxy groups -OCH3 is 1. The van der Waals surface area contributed by atoms with Crippen LogP contribution >= 0.6 is 24.0 Å². The number of oxazole rings is 1. The molecule has 0 saturated carbocycles. The number of ether oxygens (including phenoxy) is 2. The number of pyridine rings is 1. The molecule has 0 bridgehead atoms. The Balaban J connectivity index is 0.00000392. The van der Waals surface area contributed by atoms with Gasteiger partial charge in [0, 0.05) is 38.4 Å². The van der Waals surface area contributed by atoms with Gasteiger partial charge < -0.3 is 24.5 Å². The van der Waals surface area contributed by atoms with Crippen molar-refractivity contribution in [1.82, 2.24) is 20.6 Å². The van der Waals surface area contributed by atoms with E-state index in [0.29, 0.717) is 44.0 Å². The first-order valence-corrected chi connectivity index (χ1v) is 8.88. The average molecular weight is 503 g/mol. The van der Waals surface area contributed by atoms with Gasteiger partial charge in [-0.2, -0.15) is 0 Å². The van der Waals surface area contributed by atoms with Gasteiger partial charge in [0.1, 0.15) is 12.4 Å². The van der Waals surface area contributed by atoms with Crippen LogP contribution in [0.25, 0.3) is 0 Å². The number of aliphatic imine (C=N–C) groups is 1. The van der Waals surface area contributed by atoms with Crippen molar-refractivity contribution in [2.75, 3.05) is 27.4 Å². The Morgan fingerprint density at radius 2 is 1.86 bits per heavy atom. The molecule has 8 nitrogen and oxygen atoms in total. The third-order valence-electron chi connectivity index (χ3n) is 3.72. The van der Waals surface area contributed by atoms with E-state index in [9.17, 15) is 0 Å². The predicted octanol–water partition coefficient (Wildman–Crippen LogP) is 2.88. The summed E-state index contributed by atoms with van der Waals surface area (Å²) in [5.41, 5.74) is 0.959. The molecule has 9 heteroatoms. The van der Waals surface area contributed by atoms with Crippen molar-refractivity contribution in [3.05, 3.63) is 41.7 Å². The van der Waals surface area contributed by atoms with Crippen LogP contribution in [0.4, 0.5) is 0 Å².